The summed E-state index contributed by atoms with van der Waals surface area (Å²) < 4.78 is 11.1. The van der Waals surface area contributed by atoms with Gasteiger partial charge in [-0.3, -0.25) is 0 Å². The zero-order valence-corrected chi connectivity index (χ0v) is 13.5. The molecule has 2 N–H and O–H groups in total. The van der Waals surface area contributed by atoms with Crippen LogP contribution in [-0.2, 0) is 4.84 Å². The lowest BCUT2D eigenvalue weighted by atomic mass is 10.0. The molecular formula is C19H19NO4. The van der Waals surface area contributed by atoms with Crippen LogP contribution in [-0.4, -0.2) is 13.2 Å². The molecule has 0 aliphatic carbocycles. The number of fused-ring (bicyclic) bond motifs is 1. The predicted molar refractivity (Wildman–Crippen MR) is 92.9 cm³/mol. The standard InChI is InChI=1S/C19H19NO4/c1-13-3-5-14(6-4-13)17-11-15-7-8-16(22-9-2-10-23-20)12-18(15)24-19(17)21/h3-8,11-12H,2,9-10,20H2,1H3. The van der Waals surface area contributed by atoms with Gasteiger partial charge in [-0.2, -0.15) is 0 Å². The first-order valence-corrected chi connectivity index (χ1v) is 7.77. The third-order valence-corrected chi connectivity index (χ3v) is 3.75. The molecule has 3 aromatic rings. The number of nitrogens with two attached hydrogens (primary N) is 1. The van der Waals surface area contributed by atoms with Gasteiger partial charge in [-0.15, -0.1) is 0 Å². The summed E-state index contributed by atoms with van der Waals surface area (Å²) in [5.41, 5.74) is 2.68. The predicted octanol–water partition coefficient (Wildman–Crippen LogP) is 3.43. The van der Waals surface area contributed by atoms with Gasteiger partial charge in [-0.25, -0.2) is 10.7 Å². The van der Waals surface area contributed by atoms with E-state index in [0.29, 0.717) is 36.5 Å². The van der Waals surface area contributed by atoms with E-state index >= 15 is 0 Å². The van der Waals surface area contributed by atoms with Gasteiger partial charge in [0.25, 0.3) is 0 Å². The quantitative estimate of drug-likeness (QED) is 0.427. The summed E-state index contributed by atoms with van der Waals surface area (Å²) in [6.45, 7) is 2.92. The first-order chi connectivity index (χ1) is 11.7. The Labute approximate surface area is 139 Å². The molecule has 0 unspecified atom stereocenters. The number of hydrogen-bond donors (Lipinski definition) is 1. The molecule has 124 valence electrons. The molecule has 0 fully saturated rings. The van der Waals surface area contributed by atoms with Gasteiger partial charge in [0.1, 0.15) is 11.3 Å². The molecule has 0 aliphatic rings. The van der Waals surface area contributed by atoms with Gasteiger partial charge in [0.2, 0.25) is 0 Å². The first kappa shape index (κ1) is 16.2. The molecule has 5 nitrogen and oxygen atoms in total. The van der Waals surface area contributed by atoms with Crippen LogP contribution in [0.4, 0.5) is 0 Å². The largest absolute Gasteiger partial charge is 0.493 e. The van der Waals surface area contributed by atoms with Gasteiger partial charge in [-0.05, 0) is 30.7 Å². The van der Waals surface area contributed by atoms with Crippen LogP contribution in [0.5, 0.6) is 5.75 Å². The van der Waals surface area contributed by atoms with Crippen molar-refractivity contribution in [2.45, 2.75) is 13.3 Å². The van der Waals surface area contributed by atoms with E-state index in [1.807, 2.05) is 49.4 Å². The van der Waals surface area contributed by atoms with Crippen molar-refractivity contribution in [3.63, 3.8) is 0 Å². The van der Waals surface area contributed by atoms with Crippen LogP contribution in [0.3, 0.4) is 0 Å². The molecule has 5 heteroatoms. The molecule has 2 aromatic carbocycles. The van der Waals surface area contributed by atoms with Gasteiger partial charge in [0.15, 0.2) is 0 Å². The van der Waals surface area contributed by atoms with Gasteiger partial charge in [-0.1, -0.05) is 29.8 Å². The highest BCUT2D eigenvalue weighted by molar-refractivity contribution is 5.82. The first-order valence-electron chi connectivity index (χ1n) is 7.77. The van der Waals surface area contributed by atoms with Crippen LogP contribution in [0.25, 0.3) is 22.1 Å². The lowest BCUT2D eigenvalue weighted by molar-refractivity contribution is 0.122. The van der Waals surface area contributed by atoms with Crippen molar-refractivity contribution in [1.29, 1.82) is 0 Å². The van der Waals surface area contributed by atoms with E-state index in [-0.39, 0.29) is 5.63 Å². The lowest BCUT2D eigenvalue weighted by Gasteiger charge is -2.07. The third-order valence-electron chi connectivity index (χ3n) is 3.75. The van der Waals surface area contributed by atoms with Crippen molar-refractivity contribution < 1.29 is 14.0 Å². The molecule has 1 aromatic heterocycles. The average molecular weight is 325 g/mol. The fraction of sp³-hybridized carbons (Fsp3) is 0.211. The highest BCUT2D eigenvalue weighted by Crippen LogP contribution is 2.24. The van der Waals surface area contributed by atoms with E-state index in [4.69, 9.17) is 15.1 Å². The Morgan fingerprint density at radius 2 is 1.83 bits per heavy atom. The number of benzene rings is 2. The number of hydrogen-bond acceptors (Lipinski definition) is 5. The second-order valence-electron chi connectivity index (χ2n) is 5.59. The van der Waals surface area contributed by atoms with Crippen LogP contribution in [0.15, 0.2) is 57.7 Å². The Balaban J connectivity index is 1.89. The van der Waals surface area contributed by atoms with E-state index in [1.165, 1.54) is 0 Å². The molecule has 0 spiro atoms. The van der Waals surface area contributed by atoms with Crippen LogP contribution >= 0.6 is 0 Å². The summed E-state index contributed by atoms with van der Waals surface area (Å²) in [5.74, 6) is 5.61. The Bertz CT molecular complexity index is 884. The SMILES string of the molecule is Cc1ccc(-c2cc3ccc(OCCCON)cc3oc2=O)cc1. The summed E-state index contributed by atoms with van der Waals surface area (Å²) in [5, 5.41) is 0.850. The average Bonchev–Trinajstić information content (AvgIpc) is 2.59. The second-order valence-corrected chi connectivity index (χ2v) is 5.59. The zero-order chi connectivity index (χ0) is 16.9. The molecular weight excluding hydrogens is 306 g/mol. The van der Waals surface area contributed by atoms with E-state index in [0.717, 1.165) is 16.5 Å². The summed E-state index contributed by atoms with van der Waals surface area (Å²) in [4.78, 5) is 16.8. The third kappa shape index (κ3) is 3.64. The fourth-order valence-corrected chi connectivity index (χ4v) is 2.45. The minimum absolute atomic E-state index is 0.361. The maximum Gasteiger partial charge on any atom is 0.344 e. The lowest BCUT2D eigenvalue weighted by Crippen LogP contribution is -2.06. The molecule has 0 amide bonds. The van der Waals surface area contributed by atoms with Crippen LogP contribution in [0.1, 0.15) is 12.0 Å². The topological polar surface area (TPSA) is 74.7 Å². The minimum atomic E-state index is -0.361. The Morgan fingerprint density at radius 3 is 2.58 bits per heavy atom. The van der Waals surface area contributed by atoms with E-state index in [2.05, 4.69) is 4.84 Å². The maximum atomic E-state index is 12.3. The highest BCUT2D eigenvalue weighted by Gasteiger charge is 2.08. The monoisotopic (exact) mass is 325 g/mol. The summed E-state index contributed by atoms with van der Waals surface area (Å²) in [6, 6.07) is 15.1. The molecule has 0 atom stereocenters. The van der Waals surface area contributed by atoms with Crippen molar-refractivity contribution >= 4 is 11.0 Å². The van der Waals surface area contributed by atoms with Crippen molar-refractivity contribution in [3.05, 3.63) is 64.5 Å². The van der Waals surface area contributed by atoms with E-state index in [9.17, 15) is 4.79 Å². The smallest absolute Gasteiger partial charge is 0.344 e. The molecule has 0 saturated heterocycles. The molecule has 24 heavy (non-hydrogen) atoms. The van der Waals surface area contributed by atoms with Gasteiger partial charge >= 0.3 is 5.63 Å². The molecule has 0 bridgehead atoms. The Kier molecular flexibility index (Phi) is 4.93. The summed E-state index contributed by atoms with van der Waals surface area (Å²) in [7, 11) is 0. The normalized spacial score (nSPS) is 10.9. The zero-order valence-electron chi connectivity index (χ0n) is 13.5. The van der Waals surface area contributed by atoms with Crippen molar-refractivity contribution in [3.8, 4) is 16.9 Å². The molecule has 3 rings (SSSR count). The number of ether oxygens (including phenoxy) is 1. The molecule has 0 radical (unpaired) electrons. The van der Waals surface area contributed by atoms with Crippen molar-refractivity contribution in [1.82, 2.24) is 0 Å². The Hall–Kier alpha value is -2.63. The fourth-order valence-electron chi connectivity index (χ4n) is 2.45. The van der Waals surface area contributed by atoms with E-state index in [1.54, 1.807) is 6.07 Å². The number of rotatable bonds is 6. The summed E-state index contributed by atoms with van der Waals surface area (Å²) >= 11 is 0. The molecule has 0 aliphatic heterocycles. The van der Waals surface area contributed by atoms with Crippen LogP contribution < -0.4 is 16.3 Å². The van der Waals surface area contributed by atoms with E-state index < -0.39 is 0 Å². The highest BCUT2D eigenvalue weighted by atomic mass is 16.6. The Morgan fingerprint density at radius 1 is 1.04 bits per heavy atom. The van der Waals surface area contributed by atoms with Gasteiger partial charge in [0, 0.05) is 17.9 Å². The summed E-state index contributed by atoms with van der Waals surface area (Å²) in [6.07, 6.45) is 0.685. The minimum Gasteiger partial charge on any atom is -0.493 e. The second kappa shape index (κ2) is 7.29. The maximum absolute atomic E-state index is 12.3. The molecule has 0 saturated carbocycles. The van der Waals surface area contributed by atoms with Crippen molar-refractivity contribution in [2.75, 3.05) is 13.2 Å². The van der Waals surface area contributed by atoms with Crippen LogP contribution in [0, 0.1) is 6.92 Å². The van der Waals surface area contributed by atoms with Crippen molar-refractivity contribution in [2.24, 2.45) is 5.90 Å². The van der Waals surface area contributed by atoms with Crippen LogP contribution in [0.2, 0.25) is 0 Å². The van der Waals surface area contributed by atoms with Gasteiger partial charge in [0.05, 0.1) is 18.8 Å². The van der Waals surface area contributed by atoms with Gasteiger partial charge < -0.3 is 14.0 Å². The molecule has 1 heterocycles. The number of aryl methyl sites for hydroxylation is 1.